The van der Waals surface area contributed by atoms with Crippen molar-refractivity contribution in [3.05, 3.63) is 0 Å². The first-order valence-corrected chi connectivity index (χ1v) is 5.62. The molecule has 18 heavy (non-hydrogen) atoms. The van der Waals surface area contributed by atoms with Crippen LogP contribution < -0.4 is 10.6 Å². The number of amides is 3. The number of hydrogen-bond donors (Lipinski definition) is 4. The van der Waals surface area contributed by atoms with Crippen LogP contribution in [0.4, 0.5) is 4.79 Å². The normalized spacial score (nSPS) is 11.5. The van der Waals surface area contributed by atoms with E-state index in [0.29, 0.717) is 13.1 Å². The lowest BCUT2D eigenvalue weighted by molar-refractivity contribution is -0.146. The third-order valence-electron chi connectivity index (χ3n) is 2.26. The maximum Gasteiger partial charge on any atom is 0.334 e. The second kappa shape index (κ2) is 8.29. The van der Waals surface area contributed by atoms with Crippen LogP contribution in [-0.2, 0) is 9.59 Å². The van der Waals surface area contributed by atoms with E-state index in [2.05, 4.69) is 10.6 Å². The Morgan fingerprint density at radius 1 is 1.17 bits per heavy atom. The lowest BCUT2D eigenvalue weighted by Crippen LogP contribution is -2.46. The molecule has 0 rings (SSSR count). The van der Waals surface area contributed by atoms with Gasteiger partial charge in [0.2, 0.25) is 5.91 Å². The highest BCUT2D eigenvalue weighted by molar-refractivity contribution is 5.84. The molecule has 0 heterocycles. The molecule has 0 saturated heterocycles. The predicted molar refractivity (Wildman–Crippen MR) is 63.0 cm³/mol. The zero-order chi connectivity index (χ0) is 14.1. The molecule has 4 N–H and O–H groups in total. The third-order valence-corrected chi connectivity index (χ3v) is 2.26. The molecule has 0 spiro atoms. The molecule has 0 radical (unpaired) electrons. The Morgan fingerprint density at radius 3 is 2.17 bits per heavy atom. The van der Waals surface area contributed by atoms with Crippen LogP contribution in [0, 0.1) is 0 Å². The number of carboxylic acid groups (broad SMARTS) is 1. The summed E-state index contributed by atoms with van der Waals surface area (Å²) in [6.45, 7) is 4.17. The first kappa shape index (κ1) is 16.2. The van der Waals surface area contributed by atoms with Crippen molar-refractivity contribution in [2.24, 2.45) is 0 Å². The van der Waals surface area contributed by atoms with E-state index >= 15 is 0 Å². The molecule has 0 saturated carbocycles. The number of nitrogens with one attached hydrogen (secondary N) is 2. The Balaban J connectivity index is 3.90. The van der Waals surface area contributed by atoms with E-state index in [1.54, 1.807) is 4.90 Å². The fourth-order valence-corrected chi connectivity index (χ4v) is 1.18. The Kier molecular flexibility index (Phi) is 7.45. The molecule has 8 heteroatoms. The van der Waals surface area contributed by atoms with Crippen molar-refractivity contribution >= 4 is 17.9 Å². The quantitative estimate of drug-likeness (QED) is 0.449. The van der Waals surface area contributed by atoms with Crippen molar-refractivity contribution < 1.29 is 24.6 Å². The van der Waals surface area contributed by atoms with Crippen LogP contribution in [-0.4, -0.2) is 65.3 Å². The van der Waals surface area contributed by atoms with Crippen molar-refractivity contribution in [3.8, 4) is 0 Å². The van der Waals surface area contributed by atoms with Gasteiger partial charge >= 0.3 is 12.0 Å². The fourth-order valence-electron chi connectivity index (χ4n) is 1.18. The van der Waals surface area contributed by atoms with Crippen molar-refractivity contribution in [1.29, 1.82) is 0 Å². The molecule has 8 nitrogen and oxygen atoms in total. The summed E-state index contributed by atoms with van der Waals surface area (Å²) in [4.78, 5) is 34.5. The van der Waals surface area contributed by atoms with E-state index in [1.807, 2.05) is 13.8 Å². The lowest BCUT2D eigenvalue weighted by atomic mass is 10.3. The van der Waals surface area contributed by atoms with Gasteiger partial charge in [-0.2, -0.15) is 0 Å². The van der Waals surface area contributed by atoms with E-state index in [4.69, 9.17) is 10.2 Å². The number of carboxylic acids is 1. The van der Waals surface area contributed by atoms with Gasteiger partial charge in [-0.25, -0.2) is 9.59 Å². The SMILES string of the molecule is CCN(CC)C(=O)CNC(=O)NC[C@H](O)C(=O)O. The van der Waals surface area contributed by atoms with Gasteiger partial charge in [0.25, 0.3) is 0 Å². The number of carbonyl (C=O) groups is 3. The zero-order valence-electron chi connectivity index (χ0n) is 10.5. The van der Waals surface area contributed by atoms with Crippen molar-refractivity contribution in [2.75, 3.05) is 26.2 Å². The second-order valence-electron chi connectivity index (χ2n) is 3.48. The van der Waals surface area contributed by atoms with Crippen LogP contribution >= 0.6 is 0 Å². The van der Waals surface area contributed by atoms with Crippen LogP contribution in [0.2, 0.25) is 0 Å². The Morgan fingerprint density at radius 2 is 1.72 bits per heavy atom. The van der Waals surface area contributed by atoms with Crippen LogP contribution in [0.5, 0.6) is 0 Å². The molecular weight excluding hydrogens is 242 g/mol. The van der Waals surface area contributed by atoms with Gasteiger partial charge in [-0.3, -0.25) is 4.79 Å². The van der Waals surface area contributed by atoms with Gasteiger partial charge in [0.05, 0.1) is 13.1 Å². The molecule has 1 atom stereocenters. The first-order chi connectivity index (χ1) is 8.42. The van der Waals surface area contributed by atoms with Crippen LogP contribution in [0.3, 0.4) is 0 Å². The van der Waals surface area contributed by atoms with E-state index in [1.165, 1.54) is 0 Å². The summed E-state index contributed by atoms with van der Waals surface area (Å²) in [5, 5.41) is 21.7. The molecule has 0 fully saturated rings. The fraction of sp³-hybridized carbons (Fsp3) is 0.700. The van der Waals surface area contributed by atoms with Gasteiger partial charge in [-0.05, 0) is 13.8 Å². The van der Waals surface area contributed by atoms with Gasteiger partial charge in [-0.15, -0.1) is 0 Å². The zero-order valence-corrected chi connectivity index (χ0v) is 10.5. The van der Waals surface area contributed by atoms with E-state index in [0.717, 1.165) is 0 Å². The van der Waals surface area contributed by atoms with Crippen LogP contribution in [0.1, 0.15) is 13.8 Å². The van der Waals surface area contributed by atoms with Gasteiger partial charge in [0, 0.05) is 13.1 Å². The predicted octanol–water partition coefficient (Wildman–Crippen LogP) is -1.40. The van der Waals surface area contributed by atoms with Crippen molar-refractivity contribution in [2.45, 2.75) is 20.0 Å². The summed E-state index contributed by atoms with van der Waals surface area (Å²) in [7, 11) is 0. The summed E-state index contributed by atoms with van der Waals surface area (Å²) < 4.78 is 0. The molecule has 0 unspecified atom stereocenters. The minimum atomic E-state index is -1.66. The Hall–Kier alpha value is -1.83. The number of aliphatic hydroxyl groups excluding tert-OH is 1. The lowest BCUT2D eigenvalue weighted by Gasteiger charge is -2.18. The number of rotatable bonds is 7. The number of likely N-dealkylation sites (N-methyl/N-ethyl adjacent to an activating group) is 1. The average molecular weight is 261 g/mol. The molecule has 104 valence electrons. The molecule has 0 aliphatic rings. The molecule has 0 aliphatic carbocycles. The smallest absolute Gasteiger partial charge is 0.334 e. The largest absolute Gasteiger partial charge is 0.479 e. The van der Waals surface area contributed by atoms with Gasteiger partial charge in [-0.1, -0.05) is 0 Å². The average Bonchev–Trinajstić information content (AvgIpc) is 2.34. The van der Waals surface area contributed by atoms with E-state index in [9.17, 15) is 14.4 Å². The molecule has 0 aromatic rings. The number of nitrogens with zero attached hydrogens (tertiary/aromatic N) is 1. The number of aliphatic hydroxyl groups is 1. The van der Waals surface area contributed by atoms with Crippen LogP contribution in [0.15, 0.2) is 0 Å². The van der Waals surface area contributed by atoms with Crippen molar-refractivity contribution in [1.82, 2.24) is 15.5 Å². The molecule has 3 amide bonds. The maximum absolute atomic E-state index is 11.5. The topological polar surface area (TPSA) is 119 Å². The summed E-state index contributed by atoms with van der Waals surface area (Å²) in [5.74, 6) is -1.65. The summed E-state index contributed by atoms with van der Waals surface area (Å²) in [6, 6.07) is -0.698. The minimum absolute atomic E-state index is 0.170. The number of urea groups is 1. The number of hydrogen-bond acceptors (Lipinski definition) is 4. The standard InChI is InChI=1S/C10H19N3O5/c1-3-13(4-2)8(15)6-12-10(18)11-5-7(14)9(16)17/h7,14H,3-6H2,1-2H3,(H,16,17)(H2,11,12,18)/t7-/m0/s1. The Labute approximate surface area is 105 Å². The second-order valence-corrected chi connectivity index (χ2v) is 3.48. The molecule has 0 bridgehead atoms. The number of aliphatic carboxylic acids is 1. The summed E-state index contributed by atoms with van der Waals surface area (Å²) >= 11 is 0. The van der Waals surface area contributed by atoms with Gasteiger partial charge < -0.3 is 25.7 Å². The summed E-state index contributed by atoms with van der Waals surface area (Å²) in [6.07, 6.45) is -1.66. The van der Waals surface area contributed by atoms with Gasteiger partial charge in [0.1, 0.15) is 0 Å². The monoisotopic (exact) mass is 261 g/mol. The molecule has 0 aromatic heterocycles. The highest BCUT2D eigenvalue weighted by Crippen LogP contribution is 1.87. The molecule has 0 aliphatic heterocycles. The van der Waals surface area contributed by atoms with Gasteiger partial charge in [0.15, 0.2) is 6.10 Å². The third kappa shape index (κ3) is 6.04. The van der Waals surface area contributed by atoms with Crippen LogP contribution in [0.25, 0.3) is 0 Å². The highest BCUT2D eigenvalue weighted by Gasteiger charge is 2.15. The minimum Gasteiger partial charge on any atom is -0.479 e. The first-order valence-electron chi connectivity index (χ1n) is 5.62. The summed E-state index contributed by atoms with van der Waals surface area (Å²) in [5.41, 5.74) is 0. The van der Waals surface area contributed by atoms with E-state index in [-0.39, 0.29) is 12.5 Å². The number of carbonyl (C=O) groups excluding carboxylic acids is 2. The maximum atomic E-state index is 11.5. The van der Waals surface area contributed by atoms with Crippen molar-refractivity contribution in [3.63, 3.8) is 0 Å². The Bertz CT molecular complexity index is 304. The highest BCUT2D eigenvalue weighted by atomic mass is 16.4. The van der Waals surface area contributed by atoms with E-state index < -0.39 is 24.6 Å². The molecular formula is C10H19N3O5. The molecule has 0 aromatic carbocycles.